The normalized spacial score (nSPS) is 14.2. The maximum atomic E-state index is 13.1. The summed E-state index contributed by atoms with van der Waals surface area (Å²) in [5, 5.41) is 0. The molecule has 1 unspecified atom stereocenters. The Labute approximate surface area is 125 Å². The zero-order chi connectivity index (χ0) is 16.1. The van der Waals surface area contributed by atoms with E-state index in [2.05, 4.69) is 0 Å². The van der Waals surface area contributed by atoms with E-state index < -0.39 is 26.2 Å². The van der Waals surface area contributed by atoms with E-state index in [0.717, 1.165) is 24.2 Å². The van der Waals surface area contributed by atoms with Gasteiger partial charge in [0.1, 0.15) is 0 Å². The molecule has 2 N–H and O–H groups in total. The first-order chi connectivity index (χ1) is 9.83. The van der Waals surface area contributed by atoms with Crippen LogP contribution in [0, 0.1) is 0 Å². The van der Waals surface area contributed by atoms with Gasteiger partial charge in [-0.15, -0.1) is 0 Å². The maximum Gasteiger partial charge on any atom is 0.416 e. The lowest BCUT2D eigenvalue weighted by molar-refractivity contribution is -0.139. The summed E-state index contributed by atoms with van der Waals surface area (Å²) in [5.74, 6) is 0. The molecule has 1 aromatic rings. The molecule has 0 bridgehead atoms. The summed E-state index contributed by atoms with van der Waals surface area (Å²) < 4.78 is 45.6. The van der Waals surface area contributed by atoms with Gasteiger partial charge in [-0.2, -0.15) is 13.2 Å². The van der Waals surface area contributed by atoms with Crippen molar-refractivity contribution in [1.82, 2.24) is 0 Å². The maximum absolute atomic E-state index is 13.1. The van der Waals surface area contributed by atoms with Crippen LogP contribution >= 0.6 is 0 Å². The fourth-order valence-corrected chi connectivity index (χ4v) is 5.40. The average Bonchev–Trinajstić information content (AvgIpc) is 2.49. The minimum atomic E-state index is -4.39. The standard InChI is InChI=1S/C15H24F3NOSi/c1-4-21(5-2,6-3)20-14(11-19)12-9-7-8-10-13(12)15(16,17)18/h7-10,14H,4-6,11,19H2,1-3H3. The van der Waals surface area contributed by atoms with E-state index in [9.17, 15) is 13.2 Å². The van der Waals surface area contributed by atoms with Crippen LogP contribution in [0.4, 0.5) is 13.2 Å². The molecule has 21 heavy (non-hydrogen) atoms. The monoisotopic (exact) mass is 319 g/mol. The summed E-state index contributed by atoms with van der Waals surface area (Å²) in [4.78, 5) is 0. The van der Waals surface area contributed by atoms with Crippen molar-refractivity contribution in [3.05, 3.63) is 35.4 Å². The average molecular weight is 319 g/mol. The summed E-state index contributed by atoms with van der Waals surface area (Å²) in [6, 6.07) is 8.20. The molecule has 0 radical (unpaired) electrons. The zero-order valence-electron chi connectivity index (χ0n) is 12.8. The molecule has 6 heteroatoms. The SMILES string of the molecule is CC[Si](CC)(CC)OC(CN)c1ccccc1C(F)(F)F. The highest BCUT2D eigenvalue weighted by atomic mass is 28.4. The Balaban J connectivity index is 3.17. The molecular weight excluding hydrogens is 295 g/mol. The summed E-state index contributed by atoms with van der Waals surface area (Å²) in [6.07, 6.45) is -5.07. The Morgan fingerprint density at radius 1 is 1.10 bits per heavy atom. The van der Waals surface area contributed by atoms with Gasteiger partial charge in [0, 0.05) is 6.54 Å². The van der Waals surface area contributed by atoms with E-state index in [1.807, 2.05) is 20.8 Å². The molecule has 0 aliphatic carbocycles. The van der Waals surface area contributed by atoms with Crippen LogP contribution in [0.25, 0.3) is 0 Å². The van der Waals surface area contributed by atoms with E-state index in [0.29, 0.717) is 0 Å². The lowest BCUT2D eigenvalue weighted by Gasteiger charge is -2.34. The van der Waals surface area contributed by atoms with Gasteiger partial charge in [-0.05, 0) is 29.8 Å². The Morgan fingerprint density at radius 2 is 1.62 bits per heavy atom. The largest absolute Gasteiger partial charge is 0.416 e. The highest BCUT2D eigenvalue weighted by Gasteiger charge is 2.38. The van der Waals surface area contributed by atoms with Crippen LogP contribution in [-0.4, -0.2) is 14.9 Å². The number of halogens is 3. The third kappa shape index (κ3) is 4.31. The van der Waals surface area contributed by atoms with E-state index in [1.54, 1.807) is 6.07 Å². The van der Waals surface area contributed by atoms with Gasteiger partial charge in [0.15, 0.2) is 8.32 Å². The quantitative estimate of drug-likeness (QED) is 0.738. The van der Waals surface area contributed by atoms with Gasteiger partial charge in [-0.3, -0.25) is 0 Å². The smallest absolute Gasteiger partial charge is 0.409 e. The summed E-state index contributed by atoms with van der Waals surface area (Å²) in [6.45, 7) is 6.19. The molecule has 120 valence electrons. The summed E-state index contributed by atoms with van der Waals surface area (Å²) in [7, 11) is -2.01. The number of benzene rings is 1. The molecule has 0 saturated carbocycles. The highest BCUT2D eigenvalue weighted by molar-refractivity contribution is 6.73. The van der Waals surface area contributed by atoms with Crippen molar-refractivity contribution in [2.45, 2.75) is 51.2 Å². The zero-order valence-corrected chi connectivity index (χ0v) is 13.8. The van der Waals surface area contributed by atoms with Crippen LogP contribution in [0.15, 0.2) is 24.3 Å². The third-order valence-corrected chi connectivity index (χ3v) is 8.80. The van der Waals surface area contributed by atoms with Gasteiger partial charge >= 0.3 is 6.18 Å². The number of hydrogen-bond donors (Lipinski definition) is 1. The van der Waals surface area contributed by atoms with E-state index in [4.69, 9.17) is 10.2 Å². The topological polar surface area (TPSA) is 35.2 Å². The molecule has 2 nitrogen and oxygen atoms in total. The Morgan fingerprint density at radius 3 is 2.05 bits per heavy atom. The minimum absolute atomic E-state index is 0.0574. The Kier molecular flexibility index (Phi) is 6.43. The van der Waals surface area contributed by atoms with Crippen molar-refractivity contribution in [2.24, 2.45) is 5.73 Å². The van der Waals surface area contributed by atoms with Crippen molar-refractivity contribution < 1.29 is 17.6 Å². The molecule has 0 fully saturated rings. The van der Waals surface area contributed by atoms with Crippen LogP contribution in [0.2, 0.25) is 18.1 Å². The second kappa shape index (κ2) is 7.42. The molecule has 1 rings (SSSR count). The van der Waals surface area contributed by atoms with Crippen molar-refractivity contribution >= 4 is 8.32 Å². The molecule has 0 heterocycles. The first-order valence-corrected chi connectivity index (χ1v) is 9.90. The Hall–Kier alpha value is -0.853. The second-order valence-corrected chi connectivity index (χ2v) is 9.89. The third-order valence-electron chi connectivity index (χ3n) is 4.15. The van der Waals surface area contributed by atoms with Gasteiger partial charge in [-0.1, -0.05) is 39.0 Å². The van der Waals surface area contributed by atoms with Gasteiger partial charge in [0.05, 0.1) is 11.7 Å². The summed E-state index contributed by atoms with van der Waals surface area (Å²) >= 11 is 0. The highest BCUT2D eigenvalue weighted by Crippen LogP contribution is 2.37. The second-order valence-electron chi connectivity index (χ2n) is 5.17. The van der Waals surface area contributed by atoms with Crippen LogP contribution in [0.1, 0.15) is 38.0 Å². The molecule has 1 aromatic carbocycles. The fraction of sp³-hybridized carbons (Fsp3) is 0.600. The number of nitrogens with two attached hydrogens (primary N) is 1. The van der Waals surface area contributed by atoms with Crippen molar-refractivity contribution in [2.75, 3.05) is 6.54 Å². The predicted molar refractivity (Wildman–Crippen MR) is 81.5 cm³/mol. The van der Waals surface area contributed by atoms with Crippen LogP contribution in [0.5, 0.6) is 0 Å². The molecule has 0 aromatic heterocycles. The molecule has 0 spiro atoms. The molecule has 0 aliphatic heterocycles. The number of alkyl halides is 3. The van der Waals surface area contributed by atoms with E-state index in [1.165, 1.54) is 12.1 Å². The molecular formula is C15H24F3NOSi. The van der Waals surface area contributed by atoms with E-state index in [-0.39, 0.29) is 12.1 Å². The number of rotatable bonds is 7. The predicted octanol–water partition coefficient (Wildman–Crippen LogP) is 4.73. The molecule has 0 aliphatic rings. The van der Waals surface area contributed by atoms with Crippen LogP contribution in [0.3, 0.4) is 0 Å². The lowest BCUT2D eigenvalue weighted by Crippen LogP contribution is -2.39. The lowest BCUT2D eigenvalue weighted by atomic mass is 10.0. The first-order valence-electron chi connectivity index (χ1n) is 7.37. The van der Waals surface area contributed by atoms with Crippen molar-refractivity contribution in [3.8, 4) is 0 Å². The molecule has 0 saturated heterocycles. The van der Waals surface area contributed by atoms with Crippen molar-refractivity contribution in [3.63, 3.8) is 0 Å². The molecule has 1 atom stereocenters. The van der Waals surface area contributed by atoms with Gasteiger partial charge < -0.3 is 10.2 Å². The molecule has 0 amide bonds. The van der Waals surface area contributed by atoms with Gasteiger partial charge in [-0.25, -0.2) is 0 Å². The fourth-order valence-electron chi connectivity index (χ4n) is 2.58. The Bertz CT molecular complexity index is 439. The first kappa shape index (κ1) is 18.2. The van der Waals surface area contributed by atoms with Crippen LogP contribution < -0.4 is 5.73 Å². The van der Waals surface area contributed by atoms with Crippen molar-refractivity contribution in [1.29, 1.82) is 0 Å². The minimum Gasteiger partial charge on any atom is -0.409 e. The summed E-state index contributed by atoms with van der Waals surface area (Å²) in [5.41, 5.74) is 5.22. The van der Waals surface area contributed by atoms with Crippen LogP contribution in [-0.2, 0) is 10.6 Å². The van der Waals surface area contributed by atoms with E-state index >= 15 is 0 Å². The van der Waals surface area contributed by atoms with Gasteiger partial charge in [0.2, 0.25) is 0 Å². The number of hydrogen-bond acceptors (Lipinski definition) is 2. The van der Waals surface area contributed by atoms with Gasteiger partial charge in [0.25, 0.3) is 0 Å².